The van der Waals surface area contributed by atoms with Crippen molar-refractivity contribution in [2.75, 3.05) is 13.2 Å². The van der Waals surface area contributed by atoms with Gasteiger partial charge in [0.25, 0.3) is 0 Å². The van der Waals surface area contributed by atoms with Crippen molar-refractivity contribution in [1.82, 2.24) is 5.32 Å². The van der Waals surface area contributed by atoms with Crippen molar-refractivity contribution in [3.8, 4) is 5.75 Å². The highest BCUT2D eigenvalue weighted by Crippen LogP contribution is 2.19. The summed E-state index contributed by atoms with van der Waals surface area (Å²) in [4.78, 5) is 0. The molecule has 3 nitrogen and oxygen atoms in total. The van der Waals surface area contributed by atoms with Crippen LogP contribution in [-0.2, 0) is 0 Å². The molecule has 0 aliphatic rings. The standard InChI is InChI=1S/C15H25NO2/c1-5-16-15(4,11-17)10-13(3)18-14-8-6-7-12(2)9-14/h6-9,13,16-17H,5,10-11H2,1-4H3. The van der Waals surface area contributed by atoms with Crippen LogP contribution < -0.4 is 10.1 Å². The molecule has 3 heteroatoms. The summed E-state index contributed by atoms with van der Waals surface area (Å²) in [7, 11) is 0. The summed E-state index contributed by atoms with van der Waals surface area (Å²) in [6.07, 6.45) is 0.827. The lowest BCUT2D eigenvalue weighted by Gasteiger charge is -2.31. The van der Waals surface area contributed by atoms with Crippen LogP contribution in [0.2, 0.25) is 0 Å². The van der Waals surface area contributed by atoms with Gasteiger partial charge in [0, 0.05) is 12.0 Å². The zero-order valence-electron chi connectivity index (χ0n) is 11.9. The van der Waals surface area contributed by atoms with E-state index in [0.29, 0.717) is 0 Å². The van der Waals surface area contributed by atoms with Crippen molar-refractivity contribution in [2.24, 2.45) is 0 Å². The maximum Gasteiger partial charge on any atom is 0.119 e. The Morgan fingerprint density at radius 2 is 2.17 bits per heavy atom. The normalized spacial score (nSPS) is 16.1. The number of aliphatic hydroxyl groups excluding tert-OH is 1. The number of rotatable bonds is 7. The zero-order valence-corrected chi connectivity index (χ0v) is 11.9. The molecule has 1 aromatic carbocycles. The molecule has 102 valence electrons. The number of aryl methyl sites for hydroxylation is 1. The highest BCUT2D eigenvalue weighted by Gasteiger charge is 2.25. The number of aliphatic hydroxyl groups is 1. The monoisotopic (exact) mass is 251 g/mol. The molecule has 2 N–H and O–H groups in total. The molecule has 0 bridgehead atoms. The Kier molecular flexibility index (Phi) is 5.63. The van der Waals surface area contributed by atoms with Gasteiger partial charge in [-0.3, -0.25) is 0 Å². The van der Waals surface area contributed by atoms with E-state index in [1.807, 2.05) is 52.0 Å². The highest BCUT2D eigenvalue weighted by molar-refractivity contribution is 5.27. The fourth-order valence-corrected chi connectivity index (χ4v) is 2.22. The predicted octanol–water partition coefficient (Wildman–Crippen LogP) is 2.51. The van der Waals surface area contributed by atoms with Gasteiger partial charge in [-0.1, -0.05) is 19.1 Å². The van der Waals surface area contributed by atoms with Gasteiger partial charge < -0.3 is 15.2 Å². The summed E-state index contributed by atoms with van der Waals surface area (Å²) < 4.78 is 5.89. The molecule has 1 aromatic rings. The molecule has 0 aliphatic heterocycles. The smallest absolute Gasteiger partial charge is 0.119 e. The first-order valence-electron chi connectivity index (χ1n) is 6.58. The molecule has 18 heavy (non-hydrogen) atoms. The number of hydrogen-bond donors (Lipinski definition) is 2. The predicted molar refractivity (Wildman–Crippen MR) is 75.1 cm³/mol. The summed E-state index contributed by atoms with van der Waals surface area (Å²) in [5, 5.41) is 12.8. The molecule has 0 heterocycles. The molecule has 2 atom stereocenters. The van der Waals surface area contributed by atoms with Gasteiger partial charge in [-0.15, -0.1) is 0 Å². The van der Waals surface area contributed by atoms with Gasteiger partial charge in [0.2, 0.25) is 0 Å². The van der Waals surface area contributed by atoms with E-state index in [9.17, 15) is 5.11 Å². The van der Waals surface area contributed by atoms with Crippen molar-refractivity contribution in [2.45, 2.75) is 45.8 Å². The minimum Gasteiger partial charge on any atom is -0.491 e. The molecule has 1 rings (SSSR count). The van der Waals surface area contributed by atoms with Gasteiger partial charge in [0.1, 0.15) is 5.75 Å². The molecule has 0 saturated carbocycles. The molecular weight excluding hydrogens is 226 g/mol. The molecule has 0 aliphatic carbocycles. The first kappa shape index (κ1) is 15.0. The number of nitrogens with one attached hydrogen (secondary N) is 1. The Morgan fingerprint density at radius 1 is 1.44 bits per heavy atom. The molecule has 2 unspecified atom stereocenters. The largest absolute Gasteiger partial charge is 0.491 e. The highest BCUT2D eigenvalue weighted by atomic mass is 16.5. The van der Waals surface area contributed by atoms with E-state index in [0.717, 1.165) is 18.7 Å². The van der Waals surface area contributed by atoms with Crippen molar-refractivity contribution in [3.63, 3.8) is 0 Å². The lowest BCUT2D eigenvalue weighted by Crippen LogP contribution is -2.48. The van der Waals surface area contributed by atoms with Crippen LogP contribution in [0.3, 0.4) is 0 Å². The van der Waals surface area contributed by atoms with Crippen LogP contribution in [0.4, 0.5) is 0 Å². The van der Waals surface area contributed by atoms with E-state index >= 15 is 0 Å². The van der Waals surface area contributed by atoms with Gasteiger partial charge in [-0.05, 0) is 45.0 Å². The fraction of sp³-hybridized carbons (Fsp3) is 0.600. The average Bonchev–Trinajstić information content (AvgIpc) is 2.29. The van der Waals surface area contributed by atoms with Crippen LogP contribution in [0, 0.1) is 6.92 Å². The first-order valence-corrected chi connectivity index (χ1v) is 6.58. The maximum absolute atomic E-state index is 9.46. The van der Waals surface area contributed by atoms with E-state index in [2.05, 4.69) is 5.32 Å². The Labute approximate surface area is 110 Å². The maximum atomic E-state index is 9.46. The lowest BCUT2D eigenvalue weighted by molar-refractivity contribution is 0.111. The van der Waals surface area contributed by atoms with E-state index in [-0.39, 0.29) is 18.2 Å². The number of hydrogen-bond acceptors (Lipinski definition) is 3. The summed E-state index contributed by atoms with van der Waals surface area (Å²) >= 11 is 0. The van der Waals surface area contributed by atoms with Gasteiger partial charge in [0.05, 0.1) is 12.7 Å². The molecule has 0 amide bonds. The molecule has 0 radical (unpaired) electrons. The first-order chi connectivity index (χ1) is 8.49. The van der Waals surface area contributed by atoms with Crippen molar-refractivity contribution in [3.05, 3.63) is 29.8 Å². The Balaban J connectivity index is 2.57. The summed E-state index contributed by atoms with van der Waals surface area (Å²) in [5.41, 5.74) is 0.911. The fourth-order valence-electron chi connectivity index (χ4n) is 2.22. The molecule has 0 fully saturated rings. The third-order valence-corrected chi connectivity index (χ3v) is 3.02. The van der Waals surface area contributed by atoms with Gasteiger partial charge in [0.15, 0.2) is 0 Å². The SMILES string of the molecule is CCNC(C)(CO)CC(C)Oc1cccc(C)c1. The quantitative estimate of drug-likeness (QED) is 0.782. The Morgan fingerprint density at radius 3 is 2.72 bits per heavy atom. The van der Waals surface area contributed by atoms with Gasteiger partial charge in [-0.2, -0.15) is 0 Å². The van der Waals surface area contributed by atoms with Crippen LogP contribution in [0.15, 0.2) is 24.3 Å². The van der Waals surface area contributed by atoms with E-state index in [1.165, 1.54) is 5.56 Å². The van der Waals surface area contributed by atoms with Crippen LogP contribution in [-0.4, -0.2) is 29.9 Å². The summed E-state index contributed by atoms with van der Waals surface area (Å²) in [6.45, 7) is 9.10. The second-order valence-corrected chi connectivity index (χ2v) is 5.20. The second-order valence-electron chi connectivity index (χ2n) is 5.20. The Bertz CT molecular complexity index is 367. The van der Waals surface area contributed by atoms with E-state index in [1.54, 1.807) is 0 Å². The van der Waals surface area contributed by atoms with E-state index in [4.69, 9.17) is 4.74 Å². The Hall–Kier alpha value is -1.06. The van der Waals surface area contributed by atoms with Crippen molar-refractivity contribution in [1.29, 1.82) is 0 Å². The third-order valence-electron chi connectivity index (χ3n) is 3.02. The number of benzene rings is 1. The minimum atomic E-state index is -0.280. The number of likely N-dealkylation sites (N-methyl/N-ethyl adjacent to an activating group) is 1. The van der Waals surface area contributed by atoms with Crippen LogP contribution in [0.5, 0.6) is 5.75 Å². The third kappa shape index (κ3) is 4.67. The van der Waals surface area contributed by atoms with Gasteiger partial charge >= 0.3 is 0 Å². The van der Waals surface area contributed by atoms with E-state index < -0.39 is 0 Å². The molecule has 0 aromatic heterocycles. The average molecular weight is 251 g/mol. The van der Waals surface area contributed by atoms with Gasteiger partial charge in [-0.25, -0.2) is 0 Å². The summed E-state index contributed by atoms with van der Waals surface area (Å²) in [5.74, 6) is 0.888. The lowest BCUT2D eigenvalue weighted by atomic mass is 9.95. The molecule has 0 saturated heterocycles. The topological polar surface area (TPSA) is 41.5 Å². The minimum absolute atomic E-state index is 0.0583. The van der Waals surface area contributed by atoms with Crippen molar-refractivity contribution < 1.29 is 9.84 Å². The zero-order chi connectivity index (χ0) is 13.6. The van der Waals surface area contributed by atoms with Crippen LogP contribution in [0.1, 0.15) is 32.8 Å². The molecule has 0 spiro atoms. The van der Waals surface area contributed by atoms with Crippen LogP contribution >= 0.6 is 0 Å². The van der Waals surface area contributed by atoms with Crippen LogP contribution in [0.25, 0.3) is 0 Å². The summed E-state index contributed by atoms with van der Waals surface area (Å²) in [6, 6.07) is 8.04. The van der Waals surface area contributed by atoms with Crippen molar-refractivity contribution >= 4 is 0 Å². The molecular formula is C15H25NO2. The second kappa shape index (κ2) is 6.76. The number of ether oxygens (including phenoxy) is 1.